The van der Waals surface area contributed by atoms with Crippen molar-refractivity contribution >= 4 is 23.0 Å². The summed E-state index contributed by atoms with van der Waals surface area (Å²) < 4.78 is 5.35. The topological polar surface area (TPSA) is 41.6 Å². The predicted molar refractivity (Wildman–Crippen MR) is 75.1 cm³/mol. The van der Waals surface area contributed by atoms with Crippen molar-refractivity contribution in [2.24, 2.45) is 0 Å². The molecule has 19 heavy (non-hydrogen) atoms. The zero-order valence-electron chi connectivity index (χ0n) is 10.6. The van der Waals surface area contributed by atoms with Gasteiger partial charge in [-0.1, -0.05) is 24.3 Å². The van der Waals surface area contributed by atoms with Crippen molar-refractivity contribution in [3.05, 3.63) is 48.5 Å². The zero-order valence-corrected chi connectivity index (χ0v) is 10.6. The highest BCUT2D eigenvalue weighted by molar-refractivity contribution is 6.09. The Morgan fingerprint density at radius 2 is 1.74 bits per heavy atom. The molecule has 1 aliphatic heterocycles. The molecule has 4 heteroatoms. The monoisotopic (exact) mass is 254 g/mol. The lowest BCUT2D eigenvalue weighted by molar-refractivity contribution is -0.116. The zero-order chi connectivity index (χ0) is 13.2. The number of carbonyl (C=O) groups is 1. The molecule has 1 aliphatic rings. The standard InChI is InChI=1S/C15H14N2O2/c1-19-14-9-5-4-8-13(14)17-12-7-3-2-6-11(12)16-10-15(17)18/h2-9,16H,10H2,1H3. The van der Waals surface area contributed by atoms with Gasteiger partial charge in [-0.15, -0.1) is 0 Å². The van der Waals surface area contributed by atoms with Crippen LogP contribution in [0.3, 0.4) is 0 Å². The van der Waals surface area contributed by atoms with Gasteiger partial charge < -0.3 is 10.1 Å². The van der Waals surface area contributed by atoms with E-state index in [1.54, 1.807) is 12.0 Å². The molecular weight excluding hydrogens is 240 g/mol. The Morgan fingerprint density at radius 3 is 2.53 bits per heavy atom. The first-order valence-corrected chi connectivity index (χ1v) is 6.10. The number of carbonyl (C=O) groups excluding carboxylic acids is 1. The van der Waals surface area contributed by atoms with Gasteiger partial charge in [-0.25, -0.2) is 0 Å². The number of benzene rings is 2. The maximum Gasteiger partial charge on any atom is 0.251 e. The van der Waals surface area contributed by atoms with Crippen LogP contribution in [0.25, 0.3) is 0 Å². The maximum absolute atomic E-state index is 12.2. The summed E-state index contributed by atoms with van der Waals surface area (Å²) in [6.45, 7) is 0.287. The lowest BCUT2D eigenvalue weighted by atomic mass is 10.1. The number of anilines is 3. The van der Waals surface area contributed by atoms with Crippen LogP contribution in [0.1, 0.15) is 0 Å². The van der Waals surface area contributed by atoms with Crippen molar-refractivity contribution < 1.29 is 9.53 Å². The van der Waals surface area contributed by atoms with E-state index in [9.17, 15) is 4.79 Å². The SMILES string of the molecule is COc1ccccc1N1C(=O)CNc2ccccc21. The van der Waals surface area contributed by atoms with E-state index in [0.29, 0.717) is 5.75 Å². The molecule has 3 rings (SSSR count). The van der Waals surface area contributed by atoms with Crippen molar-refractivity contribution in [2.75, 3.05) is 23.9 Å². The van der Waals surface area contributed by atoms with E-state index < -0.39 is 0 Å². The first kappa shape index (κ1) is 11.6. The van der Waals surface area contributed by atoms with Gasteiger partial charge in [0, 0.05) is 0 Å². The third-order valence-electron chi connectivity index (χ3n) is 3.15. The minimum atomic E-state index is 0.00296. The van der Waals surface area contributed by atoms with Crippen LogP contribution in [0.5, 0.6) is 5.75 Å². The number of amides is 1. The quantitative estimate of drug-likeness (QED) is 0.896. The number of para-hydroxylation sites is 4. The molecule has 96 valence electrons. The molecule has 0 saturated carbocycles. The Hall–Kier alpha value is -2.49. The van der Waals surface area contributed by atoms with Gasteiger partial charge in [0.15, 0.2) is 0 Å². The van der Waals surface area contributed by atoms with Crippen molar-refractivity contribution in [3.63, 3.8) is 0 Å². The van der Waals surface area contributed by atoms with Crippen LogP contribution in [0.15, 0.2) is 48.5 Å². The Kier molecular flexibility index (Phi) is 2.83. The molecule has 1 heterocycles. The first-order chi connectivity index (χ1) is 9.31. The van der Waals surface area contributed by atoms with E-state index in [1.807, 2.05) is 48.5 Å². The van der Waals surface area contributed by atoms with E-state index in [2.05, 4.69) is 5.32 Å². The van der Waals surface area contributed by atoms with Crippen LogP contribution in [-0.2, 0) is 4.79 Å². The summed E-state index contributed by atoms with van der Waals surface area (Å²) in [5.74, 6) is 0.691. The molecular formula is C15H14N2O2. The minimum absolute atomic E-state index is 0.00296. The number of hydrogen-bond donors (Lipinski definition) is 1. The molecule has 1 N–H and O–H groups in total. The average Bonchev–Trinajstić information content (AvgIpc) is 2.47. The second kappa shape index (κ2) is 4.65. The third-order valence-corrected chi connectivity index (χ3v) is 3.15. The molecule has 0 unspecified atom stereocenters. The van der Waals surface area contributed by atoms with Gasteiger partial charge in [0.1, 0.15) is 5.75 Å². The normalized spacial score (nSPS) is 13.7. The lowest BCUT2D eigenvalue weighted by Gasteiger charge is -2.31. The summed E-state index contributed by atoms with van der Waals surface area (Å²) in [5, 5.41) is 3.12. The van der Waals surface area contributed by atoms with Crippen LogP contribution in [-0.4, -0.2) is 19.6 Å². The largest absolute Gasteiger partial charge is 0.495 e. The molecule has 0 saturated heterocycles. The Morgan fingerprint density at radius 1 is 1.05 bits per heavy atom. The van der Waals surface area contributed by atoms with E-state index in [4.69, 9.17) is 4.74 Å². The highest BCUT2D eigenvalue weighted by atomic mass is 16.5. The summed E-state index contributed by atoms with van der Waals surface area (Å²) in [6.07, 6.45) is 0. The molecule has 2 aromatic rings. The van der Waals surface area contributed by atoms with Crippen LogP contribution in [0.2, 0.25) is 0 Å². The summed E-state index contributed by atoms with van der Waals surface area (Å²) >= 11 is 0. The Labute approximate surface area is 111 Å². The molecule has 0 bridgehead atoms. The lowest BCUT2D eigenvalue weighted by Crippen LogP contribution is -2.36. The van der Waals surface area contributed by atoms with Crippen LogP contribution < -0.4 is 15.0 Å². The summed E-state index contributed by atoms with van der Waals surface area (Å²) in [6, 6.07) is 15.3. The number of methoxy groups -OCH3 is 1. The molecule has 1 amide bonds. The van der Waals surface area contributed by atoms with Gasteiger partial charge in [0.2, 0.25) is 0 Å². The Balaban J connectivity index is 2.16. The van der Waals surface area contributed by atoms with E-state index in [-0.39, 0.29) is 12.5 Å². The molecule has 4 nitrogen and oxygen atoms in total. The number of nitrogens with zero attached hydrogens (tertiary/aromatic N) is 1. The van der Waals surface area contributed by atoms with Crippen LogP contribution in [0.4, 0.5) is 17.1 Å². The number of ether oxygens (including phenoxy) is 1. The number of rotatable bonds is 2. The van der Waals surface area contributed by atoms with E-state index >= 15 is 0 Å². The fraction of sp³-hybridized carbons (Fsp3) is 0.133. The van der Waals surface area contributed by atoms with Gasteiger partial charge in [0.05, 0.1) is 30.7 Å². The molecule has 0 radical (unpaired) electrons. The highest BCUT2D eigenvalue weighted by Crippen LogP contribution is 2.39. The predicted octanol–water partition coefficient (Wildman–Crippen LogP) is 2.79. The van der Waals surface area contributed by atoms with Crippen LogP contribution >= 0.6 is 0 Å². The molecule has 0 fully saturated rings. The minimum Gasteiger partial charge on any atom is -0.495 e. The van der Waals surface area contributed by atoms with E-state index in [1.165, 1.54) is 0 Å². The first-order valence-electron chi connectivity index (χ1n) is 6.10. The van der Waals surface area contributed by atoms with Gasteiger partial charge in [-0.05, 0) is 24.3 Å². The molecule has 0 spiro atoms. The van der Waals surface area contributed by atoms with E-state index in [0.717, 1.165) is 17.1 Å². The number of hydrogen-bond acceptors (Lipinski definition) is 3. The molecule has 0 aliphatic carbocycles. The smallest absolute Gasteiger partial charge is 0.251 e. The fourth-order valence-corrected chi connectivity index (χ4v) is 2.28. The maximum atomic E-state index is 12.2. The van der Waals surface area contributed by atoms with Gasteiger partial charge in [0.25, 0.3) is 5.91 Å². The average molecular weight is 254 g/mol. The fourth-order valence-electron chi connectivity index (χ4n) is 2.28. The summed E-state index contributed by atoms with van der Waals surface area (Å²) in [5.41, 5.74) is 2.57. The Bertz CT molecular complexity index is 625. The van der Waals surface area contributed by atoms with Gasteiger partial charge >= 0.3 is 0 Å². The van der Waals surface area contributed by atoms with Gasteiger partial charge in [-0.2, -0.15) is 0 Å². The summed E-state index contributed by atoms with van der Waals surface area (Å²) in [4.78, 5) is 13.9. The van der Waals surface area contributed by atoms with Crippen molar-refractivity contribution in [1.82, 2.24) is 0 Å². The third kappa shape index (κ3) is 1.91. The molecule has 0 aromatic heterocycles. The second-order valence-electron chi connectivity index (χ2n) is 4.27. The van der Waals surface area contributed by atoms with Crippen molar-refractivity contribution in [2.45, 2.75) is 0 Å². The second-order valence-corrected chi connectivity index (χ2v) is 4.27. The molecule has 0 atom stereocenters. The molecule has 2 aromatic carbocycles. The number of nitrogens with one attached hydrogen (secondary N) is 1. The number of fused-ring (bicyclic) bond motifs is 1. The van der Waals surface area contributed by atoms with Gasteiger partial charge in [-0.3, -0.25) is 9.69 Å². The highest BCUT2D eigenvalue weighted by Gasteiger charge is 2.26. The summed E-state index contributed by atoms with van der Waals surface area (Å²) in [7, 11) is 1.61. The van der Waals surface area contributed by atoms with Crippen LogP contribution in [0, 0.1) is 0 Å². The van der Waals surface area contributed by atoms with Crippen molar-refractivity contribution in [3.8, 4) is 5.75 Å². The van der Waals surface area contributed by atoms with Crippen molar-refractivity contribution in [1.29, 1.82) is 0 Å².